The minimum atomic E-state index is -2.79. The number of sulfone groups is 1. The molecule has 3 unspecified atom stereocenters. The van der Waals surface area contributed by atoms with Crippen LogP contribution in [0.2, 0.25) is 0 Å². The summed E-state index contributed by atoms with van der Waals surface area (Å²) < 4.78 is 23.2. The van der Waals surface area contributed by atoms with E-state index >= 15 is 0 Å². The van der Waals surface area contributed by atoms with Crippen molar-refractivity contribution in [3.8, 4) is 0 Å². The molecule has 1 aliphatic heterocycles. The summed E-state index contributed by atoms with van der Waals surface area (Å²) in [6.45, 7) is 2.21. The second-order valence-corrected chi connectivity index (χ2v) is 7.83. The molecule has 3 nitrogen and oxygen atoms in total. The molecule has 1 saturated heterocycles. The molecular weight excluding hydrogens is 258 g/mol. The number of hydrogen-bond donors (Lipinski definition) is 1. The standard InChI is InChI=1S/C15H23NO2S/c1-12(13-6-4-3-5-7-13)10-15(16-2)14-8-9-19(17,18)11-14/h3-7,12,14-16H,8-11H2,1-2H3. The molecule has 0 bridgehead atoms. The van der Waals surface area contributed by atoms with Gasteiger partial charge in [0.2, 0.25) is 0 Å². The Bertz CT molecular complexity index is 498. The number of rotatable bonds is 5. The highest BCUT2D eigenvalue weighted by molar-refractivity contribution is 7.91. The Balaban J connectivity index is 2.00. The van der Waals surface area contributed by atoms with Crippen molar-refractivity contribution in [2.75, 3.05) is 18.6 Å². The van der Waals surface area contributed by atoms with E-state index in [1.165, 1.54) is 5.56 Å². The van der Waals surface area contributed by atoms with E-state index in [2.05, 4.69) is 36.5 Å². The highest BCUT2D eigenvalue weighted by Gasteiger charge is 2.33. The third-order valence-electron chi connectivity index (χ3n) is 4.18. The lowest BCUT2D eigenvalue weighted by atomic mass is 9.87. The van der Waals surface area contributed by atoms with Gasteiger partial charge in [0.1, 0.15) is 0 Å². The fraction of sp³-hybridized carbons (Fsp3) is 0.600. The molecule has 1 aliphatic rings. The van der Waals surface area contributed by atoms with E-state index in [-0.39, 0.29) is 12.0 Å². The van der Waals surface area contributed by atoms with Gasteiger partial charge in [0.15, 0.2) is 9.84 Å². The molecule has 1 aromatic carbocycles. The zero-order valence-corrected chi connectivity index (χ0v) is 12.5. The lowest BCUT2D eigenvalue weighted by Gasteiger charge is -2.25. The van der Waals surface area contributed by atoms with Gasteiger partial charge in [-0.3, -0.25) is 0 Å². The number of hydrogen-bond acceptors (Lipinski definition) is 3. The fourth-order valence-corrected chi connectivity index (χ4v) is 4.87. The molecule has 106 valence electrons. The maximum absolute atomic E-state index is 11.6. The van der Waals surface area contributed by atoms with E-state index in [0.717, 1.165) is 12.8 Å². The Labute approximate surface area is 116 Å². The lowest BCUT2D eigenvalue weighted by molar-refractivity contribution is 0.364. The maximum atomic E-state index is 11.6. The van der Waals surface area contributed by atoms with Crippen molar-refractivity contribution in [1.29, 1.82) is 0 Å². The minimum absolute atomic E-state index is 0.265. The summed E-state index contributed by atoms with van der Waals surface area (Å²) in [5.41, 5.74) is 1.32. The van der Waals surface area contributed by atoms with Crippen molar-refractivity contribution in [2.24, 2.45) is 5.92 Å². The first-order valence-electron chi connectivity index (χ1n) is 6.94. The van der Waals surface area contributed by atoms with Crippen molar-refractivity contribution in [1.82, 2.24) is 5.32 Å². The normalized spacial score (nSPS) is 25.1. The van der Waals surface area contributed by atoms with Crippen molar-refractivity contribution < 1.29 is 8.42 Å². The Morgan fingerprint density at radius 1 is 1.32 bits per heavy atom. The molecule has 0 spiro atoms. The van der Waals surface area contributed by atoms with Gasteiger partial charge in [0.05, 0.1) is 11.5 Å². The first-order valence-corrected chi connectivity index (χ1v) is 8.76. The largest absolute Gasteiger partial charge is 0.317 e. The van der Waals surface area contributed by atoms with Crippen LogP contribution < -0.4 is 5.32 Å². The van der Waals surface area contributed by atoms with Gasteiger partial charge >= 0.3 is 0 Å². The van der Waals surface area contributed by atoms with Gasteiger partial charge in [-0.15, -0.1) is 0 Å². The van der Waals surface area contributed by atoms with Gasteiger partial charge in [-0.2, -0.15) is 0 Å². The van der Waals surface area contributed by atoms with Crippen molar-refractivity contribution in [2.45, 2.75) is 31.7 Å². The average molecular weight is 281 g/mol. The molecule has 4 heteroatoms. The zero-order valence-electron chi connectivity index (χ0n) is 11.7. The topological polar surface area (TPSA) is 46.2 Å². The second kappa shape index (κ2) is 6.06. The van der Waals surface area contributed by atoms with E-state index in [1.54, 1.807) is 0 Å². The van der Waals surface area contributed by atoms with Crippen LogP contribution in [0.5, 0.6) is 0 Å². The Morgan fingerprint density at radius 3 is 2.53 bits per heavy atom. The van der Waals surface area contributed by atoms with Gasteiger partial charge in [-0.1, -0.05) is 37.3 Å². The van der Waals surface area contributed by atoms with E-state index in [1.807, 2.05) is 13.1 Å². The number of nitrogens with one attached hydrogen (secondary N) is 1. The van der Waals surface area contributed by atoms with Crippen LogP contribution in [0.3, 0.4) is 0 Å². The van der Waals surface area contributed by atoms with Crippen molar-refractivity contribution >= 4 is 9.84 Å². The lowest BCUT2D eigenvalue weighted by Crippen LogP contribution is -2.35. The van der Waals surface area contributed by atoms with Crippen LogP contribution in [-0.2, 0) is 9.84 Å². The van der Waals surface area contributed by atoms with E-state index < -0.39 is 9.84 Å². The van der Waals surface area contributed by atoms with Crippen LogP contribution in [-0.4, -0.2) is 33.0 Å². The Hall–Kier alpha value is -0.870. The van der Waals surface area contributed by atoms with E-state index in [0.29, 0.717) is 17.4 Å². The van der Waals surface area contributed by atoms with Crippen LogP contribution in [0.1, 0.15) is 31.2 Å². The van der Waals surface area contributed by atoms with Gasteiger partial charge in [0, 0.05) is 6.04 Å². The molecule has 0 aliphatic carbocycles. The summed E-state index contributed by atoms with van der Waals surface area (Å²) in [7, 11) is -0.853. The predicted molar refractivity (Wildman–Crippen MR) is 79.1 cm³/mol. The summed E-state index contributed by atoms with van der Waals surface area (Å²) in [6, 6.07) is 10.7. The smallest absolute Gasteiger partial charge is 0.150 e. The molecule has 1 aromatic rings. The summed E-state index contributed by atoms with van der Waals surface area (Å²) in [5.74, 6) is 1.42. The van der Waals surface area contributed by atoms with E-state index in [9.17, 15) is 8.42 Å². The average Bonchev–Trinajstić information content (AvgIpc) is 2.77. The van der Waals surface area contributed by atoms with Gasteiger partial charge in [0.25, 0.3) is 0 Å². The number of benzene rings is 1. The molecule has 3 atom stereocenters. The molecule has 0 saturated carbocycles. The Kier molecular flexibility index (Phi) is 4.63. The molecule has 19 heavy (non-hydrogen) atoms. The first kappa shape index (κ1) is 14.5. The van der Waals surface area contributed by atoms with Crippen LogP contribution in [0.15, 0.2) is 30.3 Å². The van der Waals surface area contributed by atoms with Crippen LogP contribution in [0.25, 0.3) is 0 Å². The highest BCUT2D eigenvalue weighted by Crippen LogP contribution is 2.28. The van der Waals surface area contributed by atoms with Crippen LogP contribution >= 0.6 is 0 Å². The molecule has 2 rings (SSSR count). The van der Waals surface area contributed by atoms with E-state index in [4.69, 9.17) is 0 Å². The molecule has 1 fully saturated rings. The van der Waals surface area contributed by atoms with Crippen LogP contribution in [0, 0.1) is 5.92 Å². The third kappa shape index (κ3) is 3.80. The molecule has 0 radical (unpaired) electrons. The highest BCUT2D eigenvalue weighted by atomic mass is 32.2. The quantitative estimate of drug-likeness (QED) is 0.900. The third-order valence-corrected chi connectivity index (χ3v) is 5.98. The monoisotopic (exact) mass is 281 g/mol. The van der Waals surface area contributed by atoms with Crippen molar-refractivity contribution in [3.63, 3.8) is 0 Å². The van der Waals surface area contributed by atoms with Gasteiger partial charge < -0.3 is 5.32 Å². The molecule has 0 amide bonds. The van der Waals surface area contributed by atoms with Crippen molar-refractivity contribution in [3.05, 3.63) is 35.9 Å². The summed E-state index contributed by atoms with van der Waals surface area (Å²) in [4.78, 5) is 0. The molecular formula is C15H23NO2S. The molecule has 1 N–H and O–H groups in total. The molecule has 1 heterocycles. The van der Waals surface area contributed by atoms with Gasteiger partial charge in [-0.25, -0.2) is 8.42 Å². The molecule has 0 aromatic heterocycles. The Morgan fingerprint density at radius 2 is 2.00 bits per heavy atom. The second-order valence-electron chi connectivity index (χ2n) is 5.61. The zero-order chi connectivity index (χ0) is 13.9. The summed E-state index contributed by atoms with van der Waals surface area (Å²) in [5, 5.41) is 3.32. The maximum Gasteiger partial charge on any atom is 0.150 e. The van der Waals surface area contributed by atoms with Crippen LogP contribution in [0.4, 0.5) is 0 Å². The van der Waals surface area contributed by atoms with Gasteiger partial charge in [-0.05, 0) is 37.3 Å². The fourth-order valence-electron chi connectivity index (χ4n) is 2.99. The summed E-state index contributed by atoms with van der Waals surface area (Å²) >= 11 is 0. The first-order chi connectivity index (χ1) is 9.02. The SMILES string of the molecule is CNC(CC(C)c1ccccc1)C1CCS(=O)(=O)C1. The summed E-state index contributed by atoms with van der Waals surface area (Å²) in [6.07, 6.45) is 1.79. The minimum Gasteiger partial charge on any atom is -0.317 e. The predicted octanol–water partition coefficient (Wildman–Crippen LogP) is 2.20.